The first-order valence-electron chi connectivity index (χ1n) is 8.47. The molecule has 0 radical (unpaired) electrons. The molecular formula is C19H20N4O. The number of nitrogens with one attached hydrogen (secondary N) is 1. The van der Waals surface area contributed by atoms with Gasteiger partial charge in [0.2, 0.25) is 5.91 Å². The van der Waals surface area contributed by atoms with E-state index in [2.05, 4.69) is 15.4 Å². The van der Waals surface area contributed by atoms with Crippen LogP contribution in [0.3, 0.4) is 0 Å². The second-order valence-electron chi connectivity index (χ2n) is 6.32. The van der Waals surface area contributed by atoms with Crippen LogP contribution in [-0.4, -0.2) is 20.7 Å². The van der Waals surface area contributed by atoms with Gasteiger partial charge in [-0.05, 0) is 24.5 Å². The van der Waals surface area contributed by atoms with Gasteiger partial charge >= 0.3 is 0 Å². The third-order valence-electron chi connectivity index (χ3n) is 4.68. The van der Waals surface area contributed by atoms with Crippen molar-refractivity contribution in [3.8, 4) is 0 Å². The van der Waals surface area contributed by atoms with E-state index in [0.29, 0.717) is 12.5 Å². The summed E-state index contributed by atoms with van der Waals surface area (Å²) in [6, 6.07) is 12.1. The predicted molar refractivity (Wildman–Crippen MR) is 93.8 cm³/mol. The fourth-order valence-electron chi connectivity index (χ4n) is 3.52. The van der Waals surface area contributed by atoms with Crippen molar-refractivity contribution in [1.82, 2.24) is 14.8 Å². The number of benzene rings is 1. The van der Waals surface area contributed by atoms with Crippen molar-refractivity contribution in [1.29, 1.82) is 0 Å². The van der Waals surface area contributed by atoms with Gasteiger partial charge in [0, 0.05) is 17.6 Å². The number of rotatable bonds is 4. The van der Waals surface area contributed by atoms with E-state index in [0.717, 1.165) is 35.1 Å². The van der Waals surface area contributed by atoms with Crippen molar-refractivity contribution in [3.05, 3.63) is 54.4 Å². The predicted octanol–water partition coefficient (Wildman–Crippen LogP) is 3.73. The van der Waals surface area contributed by atoms with Crippen LogP contribution in [0.1, 0.15) is 37.3 Å². The third kappa shape index (κ3) is 2.89. The van der Waals surface area contributed by atoms with Crippen LogP contribution in [0.4, 0.5) is 5.82 Å². The molecule has 0 unspecified atom stereocenters. The molecule has 1 amide bonds. The minimum Gasteiger partial charge on any atom is -0.311 e. The summed E-state index contributed by atoms with van der Waals surface area (Å²) in [6.45, 7) is 0. The number of hydrogen-bond donors (Lipinski definition) is 1. The Balaban J connectivity index is 1.52. The minimum atomic E-state index is -0.0344. The molecule has 0 aliphatic heterocycles. The van der Waals surface area contributed by atoms with Crippen LogP contribution in [0.2, 0.25) is 0 Å². The van der Waals surface area contributed by atoms with Crippen molar-refractivity contribution < 1.29 is 4.79 Å². The van der Waals surface area contributed by atoms with Crippen LogP contribution in [0.25, 0.3) is 10.9 Å². The van der Waals surface area contributed by atoms with E-state index >= 15 is 0 Å². The van der Waals surface area contributed by atoms with E-state index in [-0.39, 0.29) is 5.91 Å². The molecule has 0 bridgehead atoms. The van der Waals surface area contributed by atoms with Crippen LogP contribution < -0.4 is 5.32 Å². The van der Waals surface area contributed by atoms with Crippen LogP contribution in [0, 0.1) is 0 Å². The minimum absolute atomic E-state index is 0.0344. The van der Waals surface area contributed by atoms with E-state index in [9.17, 15) is 4.79 Å². The van der Waals surface area contributed by atoms with Crippen LogP contribution in [0.5, 0.6) is 0 Å². The maximum atomic E-state index is 12.5. The zero-order chi connectivity index (χ0) is 16.4. The fourth-order valence-corrected chi connectivity index (χ4v) is 3.52. The van der Waals surface area contributed by atoms with Gasteiger partial charge in [0.15, 0.2) is 0 Å². The van der Waals surface area contributed by atoms with E-state index in [1.807, 2.05) is 41.1 Å². The molecule has 1 aromatic carbocycles. The third-order valence-corrected chi connectivity index (χ3v) is 4.68. The van der Waals surface area contributed by atoms with E-state index in [1.54, 1.807) is 12.4 Å². The maximum Gasteiger partial charge on any atom is 0.230 e. The van der Waals surface area contributed by atoms with Crippen molar-refractivity contribution >= 4 is 22.6 Å². The second kappa shape index (κ2) is 6.43. The zero-order valence-corrected chi connectivity index (χ0v) is 13.5. The number of hydrogen-bond acceptors (Lipinski definition) is 3. The molecule has 3 aromatic rings. The first kappa shape index (κ1) is 14.9. The smallest absolute Gasteiger partial charge is 0.230 e. The molecular weight excluding hydrogens is 300 g/mol. The number of nitrogens with zero attached hydrogens (tertiary/aromatic N) is 3. The van der Waals surface area contributed by atoms with Crippen LogP contribution in [0.15, 0.2) is 48.8 Å². The standard InChI is InChI=1S/C19H20N4O/c24-18(13-15-6-3-5-14-7-4-11-20-19(14)15)22-17-10-12-21-23(17)16-8-1-2-9-16/h3-7,10-12,16H,1-2,8-9,13H2,(H,22,24). The SMILES string of the molecule is O=C(Cc1cccc2cccnc12)Nc1ccnn1C1CCCC1. The lowest BCUT2D eigenvalue weighted by molar-refractivity contribution is -0.115. The second-order valence-corrected chi connectivity index (χ2v) is 6.32. The topological polar surface area (TPSA) is 59.8 Å². The van der Waals surface area contributed by atoms with Crippen molar-refractivity contribution in [2.75, 3.05) is 5.32 Å². The summed E-state index contributed by atoms with van der Waals surface area (Å²) in [5, 5.41) is 8.47. The molecule has 4 rings (SSSR count). The Hall–Kier alpha value is -2.69. The number of aromatic nitrogens is 3. The van der Waals surface area contributed by atoms with Gasteiger partial charge in [0.1, 0.15) is 5.82 Å². The molecule has 24 heavy (non-hydrogen) atoms. The Labute approximate surface area is 140 Å². The monoisotopic (exact) mass is 320 g/mol. The number of amides is 1. The van der Waals surface area contributed by atoms with Gasteiger partial charge in [-0.2, -0.15) is 5.10 Å². The number of pyridine rings is 1. The van der Waals surface area contributed by atoms with Gasteiger partial charge in [-0.15, -0.1) is 0 Å². The average Bonchev–Trinajstić information content (AvgIpc) is 3.26. The molecule has 1 N–H and O–H groups in total. The first-order chi connectivity index (χ1) is 11.8. The van der Waals surface area contributed by atoms with Gasteiger partial charge in [0.05, 0.1) is 24.2 Å². The summed E-state index contributed by atoms with van der Waals surface area (Å²) in [6.07, 6.45) is 8.57. The lowest BCUT2D eigenvalue weighted by atomic mass is 10.1. The molecule has 2 aromatic heterocycles. The van der Waals surface area contributed by atoms with Gasteiger partial charge in [0.25, 0.3) is 0 Å². The highest BCUT2D eigenvalue weighted by Crippen LogP contribution is 2.31. The molecule has 122 valence electrons. The fraction of sp³-hybridized carbons (Fsp3) is 0.316. The Morgan fingerprint density at radius 1 is 1.12 bits per heavy atom. The Kier molecular flexibility index (Phi) is 3.99. The summed E-state index contributed by atoms with van der Waals surface area (Å²) in [5.41, 5.74) is 1.83. The van der Waals surface area contributed by atoms with Crippen molar-refractivity contribution in [2.24, 2.45) is 0 Å². The zero-order valence-electron chi connectivity index (χ0n) is 13.5. The van der Waals surface area contributed by atoms with Gasteiger partial charge in [-0.3, -0.25) is 9.78 Å². The molecule has 1 saturated carbocycles. The normalized spacial score (nSPS) is 15.0. The largest absolute Gasteiger partial charge is 0.311 e. The summed E-state index contributed by atoms with van der Waals surface area (Å²) in [4.78, 5) is 16.9. The van der Waals surface area contributed by atoms with E-state index in [1.165, 1.54) is 12.8 Å². The summed E-state index contributed by atoms with van der Waals surface area (Å²) < 4.78 is 1.96. The Morgan fingerprint density at radius 2 is 1.96 bits per heavy atom. The van der Waals surface area contributed by atoms with Gasteiger partial charge in [-0.1, -0.05) is 37.1 Å². The number of fused-ring (bicyclic) bond motifs is 1. The van der Waals surface area contributed by atoms with Crippen molar-refractivity contribution in [2.45, 2.75) is 38.1 Å². The molecule has 0 atom stereocenters. The van der Waals surface area contributed by atoms with Gasteiger partial charge in [-0.25, -0.2) is 4.68 Å². The number of carbonyl (C=O) groups excluding carboxylic acids is 1. The highest BCUT2D eigenvalue weighted by Gasteiger charge is 2.20. The highest BCUT2D eigenvalue weighted by atomic mass is 16.1. The number of carbonyl (C=O) groups is 1. The molecule has 0 saturated heterocycles. The summed E-state index contributed by atoms with van der Waals surface area (Å²) >= 11 is 0. The number of para-hydroxylation sites is 1. The molecule has 2 heterocycles. The Morgan fingerprint density at radius 3 is 2.83 bits per heavy atom. The average molecular weight is 320 g/mol. The molecule has 5 heteroatoms. The Bertz CT molecular complexity index is 859. The first-order valence-corrected chi connectivity index (χ1v) is 8.47. The lowest BCUT2D eigenvalue weighted by Crippen LogP contribution is -2.19. The van der Waals surface area contributed by atoms with Crippen LogP contribution in [-0.2, 0) is 11.2 Å². The van der Waals surface area contributed by atoms with Gasteiger partial charge < -0.3 is 5.32 Å². The molecule has 1 aliphatic rings. The lowest BCUT2D eigenvalue weighted by Gasteiger charge is -2.14. The summed E-state index contributed by atoms with van der Waals surface area (Å²) in [7, 11) is 0. The highest BCUT2D eigenvalue weighted by molar-refractivity contribution is 5.94. The summed E-state index contributed by atoms with van der Waals surface area (Å²) in [5.74, 6) is 0.757. The molecule has 1 aliphatic carbocycles. The molecule has 1 fully saturated rings. The van der Waals surface area contributed by atoms with E-state index < -0.39 is 0 Å². The molecule has 5 nitrogen and oxygen atoms in total. The van der Waals surface area contributed by atoms with Crippen LogP contribution >= 0.6 is 0 Å². The van der Waals surface area contributed by atoms with E-state index in [4.69, 9.17) is 0 Å². The van der Waals surface area contributed by atoms with Crippen molar-refractivity contribution in [3.63, 3.8) is 0 Å². The molecule has 0 spiro atoms. The maximum absolute atomic E-state index is 12.5. The number of anilines is 1. The quantitative estimate of drug-likeness (QED) is 0.797.